The van der Waals surface area contributed by atoms with Crippen LogP contribution in [0.4, 0.5) is 5.69 Å². The highest BCUT2D eigenvalue weighted by Crippen LogP contribution is 2.49. The minimum absolute atomic E-state index is 0.133. The first kappa shape index (κ1) is 37.9. The standard InChI is InChI=1S/C34H43ClN2O4S.C8H16N2/c1-22-7-5-15-33(3,40-4)28-12-9-26(28)19-37-20-34(16-6-8-24-17-27(35)11-13-29(24)34)21-41-31-14-10-25(18-30(31)37)32(38)36-42(39)23(22)2;1-9-5-6-10-4-2-3-8(10)7-9/h5,10-11,13-15,17-18,22-23,26,28H,6-9,12,16,19-21H2,1-4H3,(H,36,38);8H,2-7H2,1H3/b15-5+;/t22?,23?,26?,28?,33-,34-,42?;/m0./s1. The number of benzene rings is 2. The van der Waals surface area contributed by atoms with Crippen LogP contribution < -0.4 is 14.4 Å². The SMILES string of the molecule is CN1CCN2CCCC2C1.CO[C@@]1(C)/C=C/CC(C)C(C)S(=O)NC(=O)c2ccc3c(c2)N(CC2CCC21)C[C@@]1(CCCc2cc(Cl)ccc21)CO3. The van der Waals surface area contributed by atoms with Crippen LogP contribution in [0.3, 0.4) is 0 Å². The quantitative estimate of drug-likeness (QED) is 0.315. The highest BCUT2D eigenvalue weighted by atomic mass is 35.5. The molecule has 1 amide bonds. The molecule has 1 N–H and O–H groups in total. The first-order valence-corrected chi connectivity index (χ1v) is 21.3. The molecule has 2 aromatic rings. The van der Waals surface area contributed by atoms with Gasteiger partial charge < -0.3 is 19.3 Å². The van der Waals surface area contributed by atoms with Gasteiger partial charge in [-0.1, -0.05) is 36.7 Å². The molecule has 2 aliphatic carbocycles. The van der Waals surface area contributed by atoms with E-state index in [4.69, 9.17) is 21.1 Å². The second kappa shape index (κ2) is 15.7. The molecule has 1 spiro atoms. The van der Waals surface area contributed by atoms with Crippen molar-refractivity contribution in [3.8, 4) is 5.75 Å². The maximum Gasteiger partial charge on any atom is 0.263 e. The van der Waals surface area contributed by atoms with E-state index in [0.717, 1.165) is 74.1 Å². The number of halogens is 1. The highest BCUT2D eigenvalue weighted by molar-refractivity contribution is 7.84. The molecular weight excluding hydrogens is 692 g/mol. The Hall–Kier alpha value is -2.43. The van der Waals surface area contributed by atoms with Gasteiger partial charge in [-0.15, -0.1) is 0 Å². The fourth-order valence-electron chi connectivity index (χ4n) is 9.73. The summed E-state index contributed by atoms with van der Waals surface area (Å²) in [5, 5.41) is 0.576. The number of piperazine rings is 1. The van der Waals surface area contributed by atoms with Crippen molar-refractivity contribution < 1.29 is 18.5 Å². The van der Waals surface area contributed by atoms with E-state index in [-0.39, 0.29) is 28.1 Å². The van der Waals surface area contributed by atoms with E-state index in [1.165, 1.54) is 50.1 Å². The minimum Gasteiger partial charge on any atom is -0.490 e. The Morgan fingerprint density at radius 1 is 1.04 bits per heavy atom. The molecule has 52 heavy (non-hydrogen) atoms. The molecule has 2 saturated heterocycles. The molecule has 3 fully saturated rings. The van der Waals surface area contributed by atoms with Crippen LogP contribution >= 0.6 is 11.6 Å². The number of likely N-dealkylation sites (N-methyl/N-ethyl adjacent to an activating group) is 1. The number of nitrogens with zero attached hydrogens (tertiary/aromatic N) is 3. The predicted molar refractivity (Wildman–Crippen MR) is 212 cm³/mol. The van der Waals surface area contributed by atoms with E-state index >= 15 is 0 Å². The summed E-state index contributed by atoms with van der Waals surface area (Å²) in [5.74, 6) is 1.42. The third kappa shape index (κ3) is 7.72. The van der Waals surface area contributed by atoms with Gasteiger partial charge in [-0.25, -0.2) is 4.21 Å². The van der Waals surface area contributed by atoms with E-state index in [0.29, 0.717) is 24.0 Å². The van der Waals surface area contributed by atoms with Crippen molar-refractivity contribution in [2.24, 2.45) is 17.8 Å². The molecule has 6 aliphatic rings. The van der Waals surface area contributed by atoms with Crippen LogP contribution in [0.15, 0.2) is 48.6 Å². The predicted octanol–water partition coefficient (Wildman–Crippen LogP) is 7.02. The zero-order chi connectivity index (χ0) is 36.6. The van der Waals surface area contributed by atoms with Crippen molar-refractivity contribution in [2.75, 3.05) is 64.9 Å². The van der Waals surface area contributed by atoms with Crippen molar-refractivity contribution in [2.45, 2.75) is 94.4 Å². The molecule has 1 saturated carbocycles. The van der Waals surface area contributed by atoms with Crippen LogP contribution in [0.2, 0.25) is 5.02 Å². The smallest absolute Gasteiger partial charge is 0.263 e. The van der Waals surface area contributed by atoms with Gasteiger partial charge in [0.2, 0.25) is 0 Å². The maximum absolute atomic E-state index is 13.4. The zero-order valence-electron chi connectivity index (χ0n) is 31.9. The number of fused-ring (bicyclic) bond motifs is 5. The molecule has 0 aromatic heterocycles. The number of ether oxygens (including phenoxy) is 2. The van der Waals surface area contributed by atoms with E-state index in [1.54, 1.807) is 6.07 Å². The molecule has 0 radical (unpaired) electrons. The molecule has 2 aromatic carbocycles. The van der Waals surface area contributed by atoms with Crippen LogP contribution in [0, 0.1) is 17.8 Å². The number of aryl methyl sites for hydroxylation is 1. The minimum atomic E-state index is -1.51. The van der Waals surface area contributed by atoms with Crippen LogP contribution in [-0.4, -0.2) is 96.8 Å². The molecule has 8 atom stereocenters. The monoisotopic (exact) mass is 750 g/mol. The number of methoxy groups -OCH3 is 1. The summed E-state index contributed by atoms with van der Waals surface area (Å²) in [6.07, 6.45) is 13.4. The largest absolute Gasteiger partial charge is 0.490 e. The second-order valence-corrected chi connectivity index (χ2v) is 18.7. The van der Waals surface area contributed by atoms with Crippen LogP contribution in [0.25, 0.3) is 0 Å². The van der Waals surface area contributed by atoms with Crippen molar-refractivity contribution >= 4 is 34.2 Å². The molecular formula is C42H59ClN4O4S. The Morgan fingerprint density at radius 3 is 2.67 bits per heavy atom. The first-order valence-electron chi connectivity index (χ1n) is 19.7. The summed E-state index contributed by atoms with van der Waals surface area (Å²) in [6.45, 7) is 13.7. The number of anilines is 1. The Balaban J connectivity index is 0.000000360. The molecule has 4 heterocycles. The summed E-state index contributed by atoms with van der Waals surface area (Å²) in [4.78, 5) is 20.9. The van der Waals surface area contributed by atoms with Gasteiger partial charge in [0.15, 0.2) is 0 Å². The number of carbonyl (C=O) groups excluding carboxylic acids is 1. The van der Waals surface area contributed by atoms with Gasteiger partial charge in [0.1, 0.15) is 16.7 Å². The fourth-order valence-corrected chi connectivity index (χ4v) is 10.9. The third-order valence-corrected chi connectivity index (χ3v) is 15.2. The van der Waals surface area contributed by atoms with Crippen molar-refractivity contribution in [3.05, 3.63) is 70.3 Å². The van der Waals surface area contributed by atoms with Gasteiger partial charge in [-0.3, -0.25) is 14.4 Å². The lowest BCUT2D eigenvalue weighted by Gasteiger charge is -2.49. The second-order valence-electron chi connectivity index (χ2n) is 16.8. The van der Waals surface area contributed by atoms with Crippen molar-refractivity contribution in [1.82, 2.24) is 14.5 Å². The molecule has 10 heteroatoms. The number of hydrogen-bond donors (Lipinski definition) is 1. The van der Waals surface area contributed by atoms with E-state index in [1.807, 2.05) is 32.2 Å². The van der Waals surface area contributed by atoms with Gasteiger partial charge in [-0.2, -0.15) is 0 Å². The van der Waals surface area contributed by atoms with Gasteiger partial charge in [0, 0.05) is 61.9 Å². The van der Waals surface area contributed by atoms with Gasteiger partial charge >= 0.3 is 0 Å². The summed E-state index contributed by atoms with van der Waals surface area (Å²) >= 11 is 6.43. The lowest BCUT2D eigenvalue weighted by Crippen LogP contribution is -2.52. The lowest BCUT2D eigenvalue weighted by molar-refractivity contribution is -0.0622. The maximum atomic E-state index is 13.4. The Bertz CT molecular complexity index is 1670. The summed E-state index contributed by atoms with van der Waals surface area (Å²) in [7, 11) is 2.54. The van der Waals surface area contributed by atoms with Gasteiger partial charge in [0.05, 0.1) is 23.1 Å². The molecule has 8 nitrogen and oxygen atoms in total. The summed E-state index contributed by atoms with van der Waals surface area (Å²) in [5.41, 5.74) is 3.50. The lowest BCUT2D eigenvalue weighted by atomic mass is 9.64. The van der Waals surface area contributed by atoms with Crippen LogP contribution in [0.1, 0.15) is 87.2 Å². The van der Waals surface area contributed by atoms with Crippen LogP contribution in [0.5, 0.6) is 5.75 Å². The Labute approximate surface area is 319 Å². The summed E-state index contributed by atoms with van der Waals surface area (Å²) < 4.78 is 28.8. The van der Waals surface area contributed by atoms with E-state index < -0.39 is 11.0 Å². The van der Waals surface area contributed by atoms with Crippen molar-refractivity contribution in [1.29, 1.82) is 0 Å². The average Bonchev–Trinajstić information content (AvgIpc) is 3.53. The first-order chi connectivity index (χ1) is 25.0. The molecule has 2 bridgehead atoms. The van der Waals surface area contributed by atoms with Gasteiger partial charge in [0.25, 0.3) is 5.91 Å². The van der Waals surface area contributed by atoms with E-state index in [9.17, 15) is 9.00 Å². The molecule has 6 unspecified atom stereocenters. The number of nitrogens with one attached hydrogen (secondary N) is 1. The molecule has 8 rings (SSSR count). The number of allylic oxidation sites excluding steroid dienone is 1. The van der Waals surface area contributed by atoms with Gasteiger partial charge in [-0.05, 0) is 138 Å². The number of hydrogen-bond acceptors (Lipinski definition) is 7. The topological polar surface area (TPSA) is 74.4 Å². The van der Waals surface area contributed by atoms with E-state index in [2.05, 4.69) is 64.6 Å². The fraction of sp³-hybridized carbons (Fsp3) is 0.643. The Morgan fingerprint density at radius 2 is 1.88 bits per heavy atom. The average molecular weight is 751 g/mol. The van der Waals surface area contributed by atoms with Crippen molar-refractivity contribution in [3.63, 3.8) is 0 Å². The molecule has 4 aliphatic heterocycles. The number of rotatable bonds is 1. The zero-order valence-corrected chi connectivity index (χ0v) is 33.4. The summed E-state index contributed by atoms with van der Waals surface area (Å²) in [6, 6.07) is 12.9. The molecule has 284 valence electrons. The van der Waals surface area contributed by atoms with Crippen LogP contribution in [-0.2, 0) is 27.6 Å². The number of amides is 1. The Kier molecular flexibility index (Phi) is 11.5. The number of carbonyl (C=O) groups is 1. The highest BCUT2D eigenvalue weighted by Gasteiger charge is 2.47. The normalized spacial score (nSPS) is 35.7. The third-order valence-electron chi connectivity index (χ3n) is 13.4.